The molecule has 1 heterocycles. The van der Waals surface area contributed by atoms with Gasteiger partial charge in [0.1, 0.15) is 0 Å². The Morgan fingerprint density at radius 3 is 2.72 bits per heavy atom. The van der Waals surface area contributed by atoms with E-state index < -0.39 is 0 Å². The van der Waals surface area contributed by atoms with Gasteiger partial charge in [-0.25, -0.2) is 4.79 Å². The van der Waals surface area contributed by atoms with Crippen LogP contribution in [-0.2, 0) is 0 Å². The SMILES string of the molecule is CCNC1CC(c2ccccc2)CN(C(N)=O)C1. The lowest BCUT2D eigenvalue weighted by atomic mass is 9.88. The Balaban J connectivity index is 2.12. The summed E-state index contributed by atoms with van der Waals surface area (Å²) in [6.07, 6.45) is 1.06. The number of rotatable bonds is 3. The molecule has 0 aliphatic carbocycles. The number of hydrogen-bond donors (Lipinski definition) is 2. The number of primary amides is 1. The van der Waals surface area contributed by atoms with Crippen LogP contribution in [0.5, 0.6) is 0 Å². The van der Waals surface area contributed by atoms with Crippen molar-refractivity contribution in [2.45, 2.75) is 25.3 Å². The number of piperidine rings is 1. The number of carbonyl (C=O) groups excluding carboxylic acids is 1. The maximum atomic E-state index is 11.4. The molecule has 18 heavy (non-hydrogen) atoms. The highest BCUT2D eigenvalue weighted by molar-refractivity contribution is 5.72. The van der Waals surface area contributed by atoms with Gasteiger partial charge >= 0.3 is 6.03 Å². The number of benzene rings is 1. The van der Waals surface area contributed by atoms with Crippen molar-refractivity contribution >= 4 is 6.03 Å². The Labute approximate surface area is 108 Å². The highest BCUT2D eigenvalue weighted by Crippen LogP contribution is 2.26. The molecule has 1 fully saturated rings. The summed E-state index contributed by atoms with van der Waals surface area (Å²) in [6, 6.07) is 10.4. The van der Waals surface area contributed by atoms with Crippen LogP contribution in [0.25, 0.3) is 0 Å². The van der Waals surface area contributed by atoms with Crippen molar-refractivity contribution < 1.29 is 4.79 Å². The van der Waals surface area contributed by atoms with Gasteiger partial charge in [-0.3, -0.25) is 0 Å². The van der Waals surface area contributed by atoms with Crippen LogP contribution in [0.1, 0.15) is 24.8 Å². The summed E-state index contributed by atoms with van der Waals surface area (Å²) >= 11 is 0. The van der Waals surface area contributed by atoms with E-state index in [4.69, 9.17) is 5.73 Å². The Bertz CT molecular complexity index is 393. The molecule has 1 aliphatic heterocycles. The fraction of sp³-hybridized carbons (Fsp3) is 0.500. The van der Waals surface area contributed by atoms with Crippen molar-refractivity contribution in [3.8, 4) is 0 Å². The number of nitrogens with one attached hydrogen (secondary N) is 1. The second kappa shape index (κ2) is 5.87. The van der Waals surface area contributed by atoms with Crippen LogP contribution in [-0.4, -0.2) is 36.6 Å². The summed E-state index contributed by atoms with van der Waals surface area (Å²) in [5.74, 6) is 0.372. The summed E-state index contributed by atoms with van der Waals surface area (Å²) in [5.41, 5.74) is 6.71. The molecule has 2 amide bonds. The minimum atomic E-state index is -0.321. The Hall–Kier alpha value is -1.55. The third-order valence-electron chi connectivity index (χ3n) is 3.53. The zero-order valence-corrected chi connectivity index (χ0v) is 10.8. The highest BCUT2D eigenvalue weighted by atomic mass is 16.2. The molecule has 2 unspecified atom stereocenters. The van der Waals surface area contributed by atoms with Crippen LogP contribution in [0.15, 0.2) is 30.3 Å². The van der Waals surface area contributed by atoms with Crippen LogP contribution < -0.4 is 11.1 Å². The second-order valence-corrected chi connectivity index (χ2v) is 4.84. The van der Waals surface area contributed by atoms with E-state index in [1.54, 1.807) is 4.90 Å². The van der Waals surface area contributed by atoms with Crippen molar-refractivity contribution in [2.75, 3.05) is 19.6 Å². The number of likely N-dealkylation sites (N-methyl/N-ethyl adjacent to an activating group) is 1. The number of nitrogens with two attached hydrogens (primary N) is 1. The molecule has 4 nitrogen and oxygen atoms in total. The molecule has 0 saturated carbocycles. The highest BCUT2D eigenvalue weighted by Gasteiger charge is 2.29. The number of hydrogen-bond acceptors (Lipinski definition) is 2. The lowest BCUT2D eigenvalue weighted by Gasteiger charge is -2.37. The third-order valence-corrected chi connectivity index (χ3v) is 3.53. The summed E-state index contributed by atoms with van der Waals surface area (Å²) in [7, 11) is 0. The van der Waals surface area contributed by atoms with Gasteiger partial charge in [0.25, 0.3) is 0 Å². The topological polar surface area (TPSA) is 58.4 Å². The smallest absolute Gasteiger partial charge is 0.314 e. The molecule has 1 aliphatic rings. The maximum absolute atomic E-state index is 11.4. The number of likely N-dealkylation sites (tertiary alicyclic amines) is 1. The molecule has 98 valence electrons. The molecule has 2 rings (SSSR count). The third kappa shape index (κ3) is 3.01. The van der Waals surface area contributed by atoms with Gasteiger partial charge in [-0.2, -0.15) is 0 Å². The fourth-order valence-corrected chi connectivity index (χ4v) is 2.68. The van der Waals surface area contributed by atoms with Crippen molar-refractivity contribution in [1.82, 2.24) is 10.2 Å². The molecule has 0 aromatic heterocycles. The first-order chi connectivity index (χ1) is 8.70. The van der Waals surface area contributed by atoms with Gasteiger partial charge in [0.15, 0.2) is 0 Å². The molecule has 0 radical (unpaired) electrons. The minimum absolute atomic E-state index is 0.321. The number of carbonyl (C=O) groups is 1. The monoisotopic (exact) mass is 247 g/mol. The second-order valence-electron chi connectivity index (χ2n) is 4.84. The van der Waals surface area contributed by atoms with Gasteiger partial charge in [0.05, 0.1) is 0 Å². The predicted molar refractivity (Wildman–Crippen MR) is 72.4 cm³/mol. The van der Waals surface area contributed by atoms with E-state index in [1.807, 2.05) is 18.2 Å². The van der Waals surface area contributed by atoms with Gasteiger partial charge in [-0.1, -0.05) is 37.3 Å². The molecule has 0 bridgehead atoms. The molecular formula is C14H21N3O. The minimum Gasteiger partial charge on any atom is -0.351 e. The number of amides is 2. The summed E-state index contributed by atoms with van der Waals surface area (Å²) < 4.78 is 0. The Morgan fingerprint density at radius 1 is 1.39 bits per heavy atom. The zero-order valence-electron chi connectivity index (χ0n) is 10.8. The van der Waals surface area contributed by atoms with Gasteiger partial charge in [-0.05, 0) is 18.5 Å². The lowest BCUT2D eigenvalue weighted by Crippen LogP contribution is -2.52. The molecule has 3 N–H and O–H groups in total. The zero-order chi connectivity index (χ0) is 13.0. The van der Waals surface area contributed by atoms with E-state index in [2.05, 4.69) is 24.4 Å². The standard InChI is InChI=1S/C14H21N3O/c1-2-16-13-8-12(9-17(10-13)14(15)18)11-6-4-3-5-7-11/h3-7,12-13,16H,2,8-10H2,1H3,(H2,15,18). The van der Waals surface area contributed by atoms with E-state index in [-0.39, 0.29) is 6.03 Å². The maximum Gasteiger partial charge on any atom is 0.314 e. The number of urea groups is 1. The molecule has 4 heteroatoms. The van der Waals surface area contributed by atoms with Crippen molar-refractivity contribution in [2.24, 2.45) is 5.73 Å². The van der Waals surface area contributed by atoms with Crippen LogP contribution in [0.3, 0.4) is 0 Å². The summed E-state index contributed by atoms with van der Waals surface area (Å²) in [5, 5.41) is 3.42. The Kier molecular flexibility index (Phi) is 4.20. The Morgan fingerprint density at radius 2 is 2.11 bits per heavy atom. The average Bonchev–Trinajstić information content (AvgIpc) is 2.40. The van der Waals surface area contributed by atoms with Gasteiger partial charge < -0.3 is 16.0 Å². The lowest BCUT2D eigenvalue weighted by molar-refractivity contribution is 0.172. The molecule has 0 spiro atoms. The van der Waals surface area contributed by atoms with E-state index >= 15 is 0 Å². The van der Waals surface area contributed by atoms with Gasteiger partial charge in [0.2, 0.25) is 0 Å². The summed E-state index contributed by atoms with van der Waals surface area (Å²) in [6.45, 7) is 4.44. The predicted octanol–water partition coefficient (Wildman–Crippen LogP) is 1.53. The first kappa shape index (κ1) is 12.9. The first-order valence-corrected chi connectivity index (χ1v) is 6.53. The van der Waals surface area contributed by atoms with Crippen LogP contribution in [0.4, 0.5) is 4.79 Å². The first-order valence-electron chi connectivity index (χ1n) is 6.53. The van der Waals surface area contributed by atoms with Crippen molar-refractivity contribution in [1.29, 1.82) is 0 Å². The van der Waals surface area contributed by atoms with E-state index in [1.165, 1.54) is 5.56 Å². The van der Waals surface area contributed by atoms with Crippen LogP contribution in [0.2, 0.25) is 0 Å². The van der Waals surface area contributed by atoms with E-state index in [9.17, 15) is 4.79 Å². The quantitative estimate of drug-likeness (QED) is 0.851. The fourth-order valence-electron chi connectivity index (χ4n) is 2.68. The molecular weight excluding hydrogens is 226 g/mol. The van der Waals surface area contributed by atoms with E-state index in [0.717, 1.165) is 19.5 Å². The molecule has 1 aromatic carbocycles. The largest absolute Gasteiger partial charge is 0.351 e. The molecule has 2 atom stereocenters. The average molecular weight is 247 g/mol. The van der Waals surface area contributed by atoms with Gasteiger partial charge in [0, 0.05) is 25.0 Å². The van der Waals surface area contributed by atoms with Crippen molar-refractivity contribution in [3.05, 3.63) is 35.9 Å². The van der Waals surface area contributed by atoms with Gasteiger partial charge in [-0.15, -0.1) is 0 Å². The molecule has 1 aromatic rings. The van der Waals surface area contributed by atoms with Crippen molar-refractivity contribution in [3.63, 3.8) is 0 Å². The molecule has 1 saturated heterocycles. The van der Waals surface area contributed by atoms with Crippen LogP contribution >= 0.6 is 0 Å². The van der Waals surface area contributed by atoms with E-state index in [0.29, 0.717) is 18.5 Å². The summed E-state index contributed by atoms with van der Waals surface area (Å²) in [4.78, 5) is 13.1. The number of nitrogens with zero attached hydrogens (tertiary/aromatic N) is 1. The normalized spacial score (nSPS) is 23.9. The van der Waals surface area contributed by atoms with Crippen LogP contribution in [0, 0.1) is 0 Å².